The van der Waals surface area contributed by atoms with Gasteiger partial charge in [0.2, 0.25) is 0 Å². The van der Waals surface area contributed by atoms with Crippen molar-refractivity contribution in [3.05, 3.63) is 102 Å². The molecule has 0 unspecified atom stereocenters. The Hall–Kier alpha value is -4.40. The summed E-state index contributed by atoms with van der Waals surface area (Å²) in [6.45, 7) is 11.0. The molecule has 8 heteroatoms. The van der Waals surface area contributed by atoms with E-state index in [1.54, 1.807) is 12.1 Å². The molecule has 1 aliphatic heterocycles. The minimum atomic E-state index is -0.213. The summed E-state index contributed by atoms with van der Waals surface area (Å²) in [7, 11) is 4.12. The highest BCUT2D eigenvalue weighted by Crippen LogP contribution is 2.33. The molecule has 7 nitrogen and oxygen atoms in total. The first-order valence-corrected chi connectivity index (χ1v) is 16.4. The first kappa shape index (κ1) is 31.6. The van der Waals surface area contributed by atoms with E-state index < -0.39 is 0 Å². The van der Waals surface area contributed by atoms with Crippen LogP contribution in [0.5, 0.6) is 0 Å². The monoisotopic (exact) mass is 617 g/mol. The summed E-state index contributed by atoms with van der Waals surface area (Å²) >= 11 is 0. The van der Waals surface area contributed by atoms with E-state index in [-0.39, 0.29) is 5.82 Å². The number of pyridine rings is 2. The van der Waals surface area contributed by atoms with Crippen LogP contribution in [-0.2, 0) is 12.8 Å². The molecule has 46 heavy (non-hydrogen) atoms. The SMILES string of the molecule is C=C(Nc1cccc(-c2cc(F)cc(CCCN(C)C)c2)c1C)c1n[nH]c2cnc(-c3cncc(CCCN4CCCC4)c3)cc12. The van der Waals surface area contributed by atoms with Crippen LogP contribution in [0.4, 0.5) is 10.1 Å². The summed E-state index contributed by atoms with van der Waals surface area (Å²) in [5.41, 5.74) is 10.1. The van der Waals surface area contributed by atoms with Crippen molar-refractivity contribution in [2.75, 3.05) is 45.6 Å². The number of nitrogens with one attached hydrogen (secondary N) is 2. The quantitative estimate of drug-likeness (QED) is 0.141. The molecule has 6 rings (SSSR count). The van der Waals surface area contributed by atoms with Gasteiger partial charge in [-0.3, -0.25) is 15.1 Å². The van der Waals surface area contributed by atoms with Gasteiger partial charge in [0.15, 0.2) is 0 Å². The zero-order chi connectivity index (χ0) is 32.0. The third-order valence-corrected chi connectivity index (χ3v) is 8.92. The van der Waals surface area contributed by atoms with E-state index in [0.717, 1.165) is 94.6 Å². The fourth-order valence-corrected chi connectivity index (χ4v) is 6.44. The first-order chi connectivity index (χ1) is 22.3. The summed E-state index contributed by atoms with van der Waals surface area (Å²) in [6, 6.07) is 15.7. The third kappa shape index (κ3) is 7.52. The van der Waals surface area contributed by atoms with Crippen molar-refractivity contribution in [1.29, 1.82) is 0 Å². The van der Waals surface area contributed by atoms with Crippen LogP contribution in [0.25, 0.3) is 39.0 Å². The Morgan fingerprint density at radius 3 is 2.61 bits per heavy atom. The van der Waals surface area contributed by atoms with Crippen molar-refractivity contribution < 1.29 is 4.39 Å². The Balaban J connectivity index is 1.19. The molecule has 1 fully saturated rings. The number of fused-ring (bicyclic) bond motifs is 1. The van der Waals surface area contributed by atoms with Gasteiger partial charge >= 0.3 is 0 Å². The van der Waals surface area contributed by atoms with Crippen LogP contribution < -0.4 is 5.32 Å². The van der Waals surface area contributed by atoms with Crippen molar-refractivity contribution in [2.24, 2.45) is 0 Å². The number of aromatic nitrogens is 4. The second-order valence-corrected chi connectivity index (χ2v) is 12.8. The van der Waals surface area contributed by atoms with Crippen molar-refractivity contribution in [2.45, 2.75) is 45.4 Å². The zero-order valence-corrected chi connectivity index (χ0v) is 27.2. The molecular formula is C38H44FN7. The van der Waals surface area contributed by atoms with Crippen LogP contribution in [0.15, 0.2) is 73.7 Å². The van der Waals surface area contributed by atoms with Crippen LogP contribution in [0.1, 0.15) is 48.1 Å². The molecule has 1 saturated heterocycles. The third-order valence-electron chi connectivity index (χ3n) is 8.92. The second kappa shape index (κ2) is 14.4. The largest absolute Gasteiger partial charge is 0.354 e. The molecule has 0 bridgehead atoms. The number of rotatable bonds is 13. The van der Waals surface area contributed by atoms with Gasteiger partial charge in [-0.1, -0.05) is 24.8 Å². The topological polar surface area (TPSA) is 73.0 Å². The molecule has 0 aliphatic carbocycles. The number of benzene rings is 2. The summed E-state index contributed by atoms with van der Waals surface area (Å²) in [5, 5.41) is 12.1. The lowest BCUT2D eigenvalue weighted by molar-refractivity contribution is 0.334. The number of likely N-dealkylation sites (tertiary alicyclic amines) is 1. The number of nitrogens with zero attached hydrogens (tertiary/aromatic N) is 5. The van der Waals surface area contributed by atoms with Crippen LogP contribution in [0.2, 0.25) is 0 Å². The lowest BCUT2D eigenvalue weighted by Gasteiger charge is -2.16. The summed E-state index contributed by atoms with van der Waals surface area (Å²) in [6.07, 6.45) is 12.2. The minimum Gasteiger partial charge on any atom is -0.354 e. The number of anilines is 1. The van der Waals surface area contributed by atoms with E-state index in [1.165, 1.54) is 31.5 Å². The van der Waals surface area contributed by atoms with Gasteiger partial charge in [-0.2, -0.15) is 5.10 Å². The van der Waals surface area contributed by atoms with Gasteiger partial charge in [0.05, 0.1) is 23.1 Å². The molecule has 238 valence electrons. The number of aryl methyl sites for hydroxylation is 2. The van der Waals surface area contributed by atoms with Gasteiger partial charge in [-0.25, -0.2) is 4.39 Å². The van der Waals surface area contributed by atoms with Gasteiger partial charge in [-0.05, 0) is 144 Å². The molecule has 5 aromatic rings. The summed E-state index contributed by atoms with van der Waals surface area (Å²) < 4.78 is 14.7. The maximum absolute atomic E-state index is 14.7. The predicted molar refractivity (Wildman–Crippen MR) is 187 cm³/mol. The number of aromatic amines is 1. The summed E-state index contributed by atoms with van der Waals surface area (Å²) in [5.74, 6) is -0.213. The van der Waals surface area contributed by atoms with Crippen molar-refractivity contribution in [3.63, 3.8) is 0 Å². The lowest BCUT2D eigenvalue weighted by Crippen LogP contribution is -2.20. The molecule has 1 aliphatic rings. The standard InChI is InChI=1S/C38H44FN7/c1-26-33(30-18-28(20-32(39)21-30)10-8-14-45(3)4)12-7-13-35(26)42-27(2)38-34-22-36(41-25-37(34)43-44-38)31-19-29(23-40-24-31)11-9-17-46-15-5-6-16-46/h7,12-13,18-25,42H,2,5-6,8-11,14-17H2,1,3-4H3,(H,43,44). The fraction of sp³-hybridized carbons (Fsp3) is 0.342. The minimum absolute atomic E-state index is 0.213. The molecule has 2 N–H and O–H groups in total. The Morgan fingerprint density at radius 2 is 1.78 bits per heavy atom. The highest BCUT2D eigenvalue weighted by Gasteiger charge is 2.15. The second-order valence-electron chi connectivity index (χ2n) is 12.8. The Bertz CT molecular complexity index is 1820. The van der Waals surface area contributed by atoms with E-state index in [0.29, 0.717) is 5.70 Å². The lowest BCUT2D eigenvalue weighted by atomic mass is 9.96. The highest BCUT2D eigenvalue weighted by molar-refractivity contribution is 5.94. The van der Waals surface area contributed by atoms with Gasteiger partial charge in [-0.15, -0.1) is 0 Å². The Morgan fingerprint density at radius 1 is 0.978 bits per heavy atom. The van der Waals surface area contributed by atoms with E-state index in [2.05, 4.69) is 76.1 Å². The number of halogens is 1. The normalized spacial score (nSPS) is 13.6. The maximum Gasteiger partial charge on any atom is 0.124 e. The van der Waals surface area contributed by atoms with Crippen LogP contribution in [0.3, 0.4) is 0 Å². The van der Waals surface area contributed by atoms with Gasteiger partial charge in [0, 0.05) is 29.0 Å². The smallest absolute Gasteiger partial charge is 0.124 e. The first-order valence-electron chi connectivity index (χ1n) is 16.4. The van der Waals surface area contributed by atoms with Crippen LogP contribution in [0, 0.1) is 12.7 Å². The molecule has 0 saturated carbocycles. The number of hydrogen-bond donors (Lipinski definition) is 2. The molecule has 0 atom stereocenters. The highest BCUT2D eigenvalue weighted by atomic mass is 19.1. The predicted octanol–water partition coefficient (Wildman–Crippen LogP) is 7.74. The van der Waals surface area contributed by atoms with E-state index in [9.17, 15) is 4.39 Å². The molecular weight excluding hydrogens is 573 g/mol. The maximum atomic E-state index is 14.7. The van der Waals surface area contributed by atoms with E-state index in [1.807, 2.05) is 36.8 Å². The Kier molecular flexibility index (Phi) is 9.85. The molecule has 3 aromatic heterocycles. The molecule has 4 heterocycles. The van der Waals surface area contributed by atoms with Crippen LogP contribution in [-0.4, -0.2) is 70.2 Å². The van der Waals surface area contributed by atoms with Crippen molar-refractivity contribution in [1.82, 2.24) is 30.0 Å². The summed E-state index contributed by atoms with van der Waals surface area (Å²) in [4.78, 5) is 14.0. The molecule has 0 amide bonds. The van der Waals surface area contributed by atoms with Crippen molar-refractivity contribution in [3.8, 4) is 22.4 Å². The molecule has 0 radical (unpaired) electrons. The Labute approximate surface area is 271 Å². The van der Waals surface area contributed by atoms with Crippen molar-refractivity contribution >= 4 is 22.3 Å². The van der Waals surface area contributed by atoms with Gasteiger partial charge < -0.3 is 15.1 Å². The average Bonchev–Trinajstić information content (AvgIpc) is 3.72. The average molecular weight is 618 g/mol. The zero-order valence-electron chi connectivity index (χ0n) is 27.2. The number of hydrogen-bond acceptors (Lipinski definition) is 6. The molecule has 0 spiro atoms. The molecule has 2 aromatic carbocycles. The van der Waals surface area contributed by atoms with Gasteiger partial charge in [0.1, 0.15) is 11.5 Å². The van der Waals surface area contributed by atoms with E-state index in [4.69, 9.17) is 4.98 Å². The van der Waals surface area contributed by atoms with E-state index >= 15 is 0 Å². The number of H-pyrrole nitrogens is 1. The van der Waals surface area contributed by atoms with Crippen LogP contribution >= 0.6 is 0 Å². The van der Waals surface area contributed by atoms with Gasteiger partial charge in [0.25, 0.3) is 0 Å². The fourth-order valence-electron chi connectivity index (χ4n) is 6.44.